The van der Waals surface area contributed by atoms with E-state index < -0.39 is 11.9 Å². The third-order valence-corrected chi connectivity index (χ3v) is 3.47. The van der Waals surface area contributed by atoms with Crippen LogP contribution in [0.5, 0.6) is 0 Å². The highest BCUT2D eigenvalue weighted by Gasteiger charge is 2.35. The van der Waals surface area contributed by atoms with E-state index in [4.69, 9.17) is 5.11 Å². The molecule has 1 aliphatic carbocycles. The molecular formula is C13H15FO2. The van der Waals surface area contributed by atoms with Crippen LogP contribution in [0.1, 0.15) is 43.7 Å². The van der Waals surface area contributed by atoms with Gasteiger partial charge in [0, 0.05) is 0 Å². The zero-order valence-corrected chi connectivity index (χ0v) is 9.46. The summed E-state index contributed by atoms with van der Waals surface area (Å²) < 4.78 is 13.2. The number of hydrogen-bond acceptors (Lipinski definition) is 1. The number of carboxylic acid groups (broad SMARTS) is 1. The molecule has 0 fully saturated rings. The molecular weight excluding hydrogens is 207 g/mol. The maximum absolute atomic E-state index is 13.2. The van der Waals surface area contributed by atoms with Gasteiger partial charge in [-0.15, -0.1) is 0 Å². The van der Waals surface area contributed by atoms with E-state index in [-0.39, 0.29) is 11.2 Å². The molecule has 0 radical (unpaired) electrons. The number of hydrogen-bond donors (Lipinski definition) is 1. The number of carboxylic acids is 1. The highest BCUT2D eigenvalue weighted by atomic mass is 19.1. The lowest BCUT2D eigenvalue weighted by atomic mass is 9.69. The van der Waals surface area contributed by atoms with Crippen LogP contribution in [0.2, 0.25) is 0 Å². The van der Waals surface area contributed by atoms with E-state index in [1.807, 2.05) is 0 Å². The Morgan fingerprint density at radius 3 is 2.81 bits per heavy atom. The molecule has 86 valence electrons. The van der Waals surface area contributed by atoms with Gasteiger partial charge in [-0.1, -0.05) is 19.9 Å². The van der Waals surface area contributed by atoms with Crippen LogP contribution < -0.4 is 0 Å². The Labute approximate surface area is 94.1 Å². The van der Waals surface area contributed by atoms with Gasteiger partial charge in [-0.2, -0.15) is 0 Å². The minimum absolute atomic E-state index is 0.0605. The summed E-state index contributed by atoms with van der Waals surface area (Å²) in [5.41, 5.74) is 1.55. The molecule has 1 aromatic rings. The molecule has 1 N–H and O–H groups in total. The molecule has 0 spiro atoms. The fourth-order valence-corrected chi connectivity index (χ4v) is 2.49. The maximum Gasteiger partial charge on any atom is 0.310 e. The molecule has 0 saturated heterocycles. The van der Waals surface area contributed by atoms with E-state index in [0.717, 1.165) is 12.0 Å². The van der Waals surface area contributed by atoms with Gasteiger partial charge in [-0.3, -0.25) is 4.79 Å². The first-order valence-corrected chi connectivity index (χ1v) is 5.44. The second kappa shape index (κ2) is 3.58. The van der Waals surface area contributed by atoms with Gasteiger partial charge in [0.15, 0.2) is 0 Å². The van der Waals surface area contributed by atoms with Crippen LogP contribution in [0.3, 0.4) is 0 Å². The smallest absolute Gasteiger partial charge is 0.310 e. The lowest BCUT2D eigenvalue weighted by Crippen LogP contribution is -2.29. The third-order valence-electron chi connectivity index (χ3n) is 3.47. The molecule has 0 heterocycles. The molecule has 0 aliphatic heterocycles. The van der Waals surface area contributed by atoms with Gasteiger partial charge in [-0.25, -0.2) is 4.39 Å². The normalized spacial score (nSPS) is 22.6. The number of benzene rings is 1. The van der Waals surface area contributed by atoms with E-state index >= 15 is 0 Å². The first kappa shape index (κ1) is 11.1. The van der Waals surface area contributed by atoms with Crippen molar-refractivity contribution in [1.29, 1.82) is 0 Å². The summed E-state index contributed by atoms with van der Waals surface area (Å²) in [6.07, 6.45) is 1.40. The van der Waals surface area contributed by atoms with Crippen LogP contribution in [0.4, 0.5) is 4.39 Å². The Kier molecular flexibility index (Phi) is 2.49. The van der Waals surface area contributed by atoms with Crippen molar-refractivity contribution in [1.82, 2.24) is 0 Å². The van der Waals surface area contributed by atoms with Gasteiger partial charge in [0.1, 0.15) is 5.82 Å². The SMILES string of the molecule is CC1(C)CCC(C(=O)O)c2cc(F)ccc21. The number of halogens is 1. The predicted octanol–water partition coefficient (Wildman–Crippen LogP) is 3.07. The largest absolute Gasteiger partial charge is 0.481 e. The second-order valence-electron chi connectivity index (χ2n) is 5.04. The quantitative estimate of drug-likeness (QED) is 0.792. The summed E-state index contributed by atoms with van der Waals surface area (Å²) in [7, 11) is 0. The summed E-state index contributed by atoms with van der Waals surface area (Å²) in [5, 5.41) is 9.12. The van der Waals surface area contributed by atoms with Crippen molar-refractivity contribution in [2.75, 3.05) is 0 Å². The summed E-state index contributed by atoms with van der Waals surface area (Å²) in [6, 6.07) is 4.50. The van der Waals surface area contributed by atoms with Crippen molar-refractivity contribution in [2.24, 2.45) is 0 Å². The topological polar surface area (TPSA) is 37.3 Å². The van der Waals surface area contributed by atoms with E-state index in [2.05, 4.69) is 13.8 Å². The van der Waals surface area contributed by atoms with Crippen molar-refractivity contribution in [2.45, 2.75) is 38.0 Å². The molecule has 16 heavy (non-hydrogen) atoms. The number of aliphatic carboxylic acids is 1. The predicted molar refractivity (Wildman–Crippen MR) is 59.0 cm³/mol. The van der Waals surface area contributed by atoms with Crippen LogP contribution in [0.15, 0.2) is 18.2 Å². The molecule has 0 aromatic heterocycles. The summed E-state index contributed by atoms with van der Waals surface area (Å²) in [4.78, 5) is 11.1. The van der Waals surface area contributed by atoms with Crippen molar-refractivity contribution >= 4 is 5.97 Å². The summed E-state index contributed by atoms with van der Waals surface area (Å²) in [5.74, 6) is -1.77. The van der Waals surface area contributed by atoms with E-state index in [0.29, 0.717) is 12.0 Å². The Morgan fingerprint density at radius 1 is 1.50 bits per heavy atom. The van der Waals surface area contributed by atoms with Crippen LogP contribution in [-0.2, 0) is 10.2 Å². The minimum atomic E-state index is -0.859. The van der Waals surface area contributed by atoms with E-state index in [1.54, 1.807) is 6.07 Å². The molecule has 2 nitrogen and oxygen atoms in total. The minimum Gasteiger partial charge on any atom is -0.481 e. The molecule has 1 atom stereocenters. The zero-order chi connectivity index (χ0) is 11.9. The van der Waals surface area contributed by atoms with Crippen molar-refractivity contribution in [3.63, 3.8) is 0 Å². The van der Waals surface area contributed by atoms with Crippen LogP contribution in [0.25, 0.3) is 0 Å². The average molecular weight is 222 g/mol. The first-order valence-electron chi connectivity index (χ1n) is 5.44. The Morgan fingerprint density at radius 2 is 2.19 bits per heavy atom. The molecule has 0 amide bonds. The average Bonchev–Trinajstić information content (AvgIpc) is 2.16. The molecule has 2 rings (SSSR count). The first-order chi connectivity index (χ1) is 7.42. The van der Waals surface area contributed by atoms with E-state index in [9.17, 15) is 9.18 Å². The van der Waals surface area contributed by atoms with Gasteiger partial charge in [0.05, 0.1) is 5.92 Å². The fraction of sp³-hybridized carbons (Fsp3) is 0.462. The Hall–Kier alpha value is -1.38. The molecule has 1 aliphatic rings. The fourth-order valence-electron chi connectivity index (χ4n) is 2.49. The molecule has 3 heteroatoms. The highest BCUT2D eigenvalue weighted by molar-refractivity contribution is 5.77. The lowest BCUT2D eigenvalue weighted by molar-refractivity contribution is -0.139. The Bertz CT molecular complexity index is 438. The summed E-state index contributed by atoms with van der Waals surface area (Å²) >= 11 is 0. The van der Waals surface area contributed by atoms with Crippen molar-refractivity contribution < 1.29 is 14.3 Å². The third kappa shape index (κ3) is 1.70. The Balaban J connectivity index is 2.58. The van der Waals surface area contributed by atoms with Gasteiger partial charge in [-0.05, 0) is 41.5 Å². The van der Waals surface area contributed by atoms with Gasteiger partial charge < -0.3 is 5.11 Å². The van der Waals surface area contributed by atoms with Gasteiger partial charge in [0.25, 0.3) is 0 Å². The molecule has 0 bridgehead atoms. The highest BCUT2D eigenvalue weighted by Crippen LogP contribution is 2.42. The number of fused-ring (bicyclic) bond motifs is 1. The zero-order valence-electron chi connectivity index (χ0n) is 9.46. The van der Waals surface area contributed by atoms with Crippen molar-refractivity contribution in [3.05, 3.63) is 35.1 Å². The monoisotopic (exact) mass is 222 g/mol. The maximum atomic E-state index is 13.2. The van der Waals surface area contributed by atoms with Gasteiger partial charge in [0.2, 0.25) is 0 Å². The van der Waals surface area contributed by atoms with Crippen LogP contribution >= 0.6 is 0 Å². The standard InChI is InChI=1S/C13H15FO2/c1-13(2)6-5-9(12(15)16)10-7-8(14)3-4-11(10)13/h3-4,7,9H,5-6H2,1-2H3,(H,15,16). The molecule has 1 aromatic carbocycles. The summed E-state index contributed by atoms with van der Waals surface area (Å²) in [6.45, 7) is 4.14. The molecule has 1 unspecified atom stereocenters. The van der Waals surface area contributed by atoms with Gasteiger partial charge >= 0.3 is 5.97 Å². The second-order valence-corrected chi connectivity index (χ2v) is 5.04. The number of rotatable bonds is 1. The lowest BCUT2D eigenvalue weighted by Gasteiger charge is -2.35. The van der Waals surface area contributed by atoms with Crippen molar-refractivity contribution in [3.8, 4) is 0 Å². The number of carbonyl (C=O) groups is 1. The van der Waals surface area contributed by atoms with E-state index in [1.165, 1.54) is 12.1 Å². The van der Waals surface area contributed by atoms with Crippen LogP contribution in [0, 0.1) is 5.82 Å². The molecule has 0 saturated carbocycles. The van der Waals surface area contributed by atoms with Crippen LogP contribution in [-0.4, -0.2) is 11.1 Å².